The van der Waals surface area contributed by atoms with Gasteiger partial charge < -0.3 is 0 Å². The van der Waals surface area contributed by atoms with E-state index in [1.165, 1.54) is 16.7 Å². The number of carbonyl (C=O) groups excluding carboxylic acids is 1. The van der Waals surface area contributed by atoms with E-state index in [1.54, 1.807) is 0 Å². The predicted octanol–water partition coefficient (Wildman–Crippen LogP) is 3.65. The lowest BCUT2D eigenvalue weighted by Crippen LogP contribution is -2.06. The molecule has 2 aromatic carbocycles. The molecule has 0 spiro atoms. The van der Waals surface area contributed by atoms with Crippen molar-refractivity contribution < 1.29 is 4.79 Å². The second kappa shape index (κ2) is 4.41. The summed E-state index contributed by atoms with van der Waals surface area (Å²) in [4.78, 5) is 12.2. The maximum atomic E-state index is 12.2. The van der Waals surface area contributed by atoms with Gasteiger partial charge in [-0.25, -0.2) is 0 Å². The van der Waals surface area contributed by atoms with Crippen LogP contribution in [0.2, 0.25) is 0 Å². The molecule has 1 aliphatic rings. The first-order chi connectivity index (χ1) is 8.75. The van der Waals surface area contributed by atoms with E-state index < -0.39 is 0 Å². The van der Waals surface area contributed by atoms with Crippen LogP contribution in [-0.4, -0.2) is 5.78 Å². The highest BCUT2D eigenvalue weighted by molar-refractivity contribution is 6.03. The number of Topliss-reactive ketones (excluding diaryl/α,β-unsaturated/α-hetero) is 1. The summed E-state index contributed by atoms with van der Waals surface area (Å²) in [5, 5.41) is 0. The van der Waals surface area contributed by atoms with Gasteiger partial charge >= 0.3 is 0 Å². The fourth-order valence-corrected chi connectivity index (χ4v) is 2.77. The van der Waals surface area contributed by atoms with Crippen molar-refractivity contribution in [1.29, 1.82) is 0 Å². The quantitative estimate of drug-likeness (QED) is 0.777. The number of fused-ring (bicyclic) bond motifs is 1. The molecule has 18 heavy (non-hydrogen) atoms. The minimum Gasteiger partial charge on any atom is -0.294 e. The van der Waals surface area contributed by atoms with Crippen molar-refractivity contribution in [1.82, 2.24) is 0 Å². The third-order valence-electron chi connectivity index (χ3n) is 3.69. The van der Waals surface area contributed by atoms with Crippen LogP contribution in [0.1, 0.15) is 34.0 Å². The molecule has 1 nitrogen and oxygen atoms in total. The van der Waals surface area contributed by atoms with E-state index in [1.807, 2.05) is 25.1 Å². The fraction of sp³-hybridized carbons (Fsp3) is 0.235. The van der Waals surface area contributed by atoms with Gasteiger partial charge in [-0.3, -0.25) is 4.79 Å². The molecule has 0 heterocycles. The lowest BCUT2D eigenvalue weighted by molar-refractivity contribution is 0.0945. The first-order valence-corrected chi connectivity index (χ1v) is 6.44. The Balaban J connectivity index is 2.00. The summed E-state index contributed by atoms with van der Waals surface area (Å²) in [7, 11) is 0. The van der Waals surface area contributed by atoms with Gasteiger partial charge in [0, 0.05) is 11.5 Å². The molecule has 0 fully saturated rings. The molecule has 0 saturated carbocycles. The first kappa shape index (κ1) is 11.2. The van der Waals surface area contributed by atoms with E-state index in [-0.39, 0.29) is 5.92 Å². The van der Waals surface area contributed by atoms with Crippen LogP contribution in [0.4, 0.5) is 0 Å². The smallest absolute Gasteiger partial charge is 0.166 e. The summed E-state index contributed by atoms with van der Waals surface area (Å²) in [6.07, 6.45) is 1.75. The van der Waals surface area contributed by atoms with Gasteiger partial charge in [-0.15, -0.1) is 0 Å². The van der Waals surface area contributed by atoms with E-state index in [4.69, 9.17) is 0 Å². The SMILES string of the molecule is CC1Cc2cccc(Cc3ccccc3)c2C1=O. The van der Waals surface area contributed by atoms with E-state index in [9.17, 15) is 4.79 Å². The molecule has 0 aliphatic heterocycles. The molecular weight excluding hydrogens is 220 g/mol. The molecule has 0 N–H and O–H groups in total. The Labute approximate surface area is 107 Å². The van der Waals surface area contributed by atoms with Crippen molar-refractivity contribution in [3.63, 3.8) is 0 Å². The third-order valence-corrected chi connectivity index (χ3v) is 3.69. The van der Waals surface area contributed by atoms with Gasteiger partial charge in [-0.05, 0) is 29.5 Å². The second-order valence-electron chi connectivity index (χ2n) is 5.08. The molecule has 1 aliphatic carbocycles. The van der Waals surface area contributed by atoms with Gasteiger partial charge in [0.1, 0.15) is 0 Å². The summed E-state index contributed by atoms with van der Waals surface area (Å²) in [5.41, 5.74) is 4.64. The van der Waals surface area contributed by atoms with Gasteiger partial charge in [0.05, 0.1) is 0 Å². The standard InChI is InChI=1S/C17H16O/c1-12-10-14-8-5-9-15(16(14)17(12)18)11-13-6-3-2-4-7-13/h2-9,12H,10-11H2,1H3. The molecule has 0 bridgehead atoms. The van der Waals surface area contributed by atoms with Gasteiger partial charge in [0.25, 0.3) is 0 Å². The maximum Gasteiger partial charge on any atom is 0.166 e. The zero-order valence-corrected chi connectivity index (χ0v) is 10.5. The molecule has 1 heteroatoms. The predicted molar refractivity (Wildman–Crippen MR) is 72.9 cm³/mol. The molecule has 0 radical (unpaired) electrons. The highest BCUT2D eigenvalue weighted by atomic mass is 16.1. The summed E-state index contributed by atoms with van der Waals surface area (Å²) < 4.78 is 0. The highest BCUT2D eigenvalue weighted by Gasteiger charge is 2.28. The number of hydrogen-bond acceptors (Lipinski definition) is 1. The summed E-state index contributed by atoms with van der Waals surface area (Å²) in [6, 6.07) is 16.6. The van der Waals surface area contributed by atoms with Crippen LogP contribution in [0, 0.1) is 5.92 Å². The zero-order chi connectivity index (χ0) is 12.5. The molecule has 0 aromatic heterocycles. The van der Waals surface area contributed by atoms with Crippen LogP contribution in [-0.2, 0) is 12.8 Å². The molecule has 0 amide bonds. The number of hydrogen-bond donors (Lipinski definition) is 0. The van der Waals surface area contributed by atoms with Crippen LogP contribution >= 0.6 is 0 Å². The molecule has 3 rings (SSSR count). The maximum absolute atomic E-state index is 12.2. The van der Waals surface area contributed by atoms with Gasteiger partial charge in [-0.1, -0.05) is 55.5 Å². The Morgan fingerprint density at radius 2 is 1.83 bits per heavy atom. The molecular formula is C17H16O. The Hall–Kier alpha value is -1.89. The van der Waals surface area contributed by atoms with E-state index in [0.29, 0.717) is 5.78 Å². The lowest BCUT2D eigenvalue weighted by atomic mass is 9.96. The molecule has 1 unspecified atom stereocenters. The van der Waals surface area contributed by atoms with Gasteiger partial charge in [-0.2, -0.15) is 0 Å². The van der Waals surface area contributed by atoms with Crippen LogP contribution < -0.4 is 0 Å². The molecule has 2 aromatic rings. The van der Waals surface area contributed by atoms with Crippen LogP contribution in [0.5, 0.6) is 0 Å². The van der Waals surface area contributed by atoms with Gasteiger partial charge in [0.15, 0.2) is 5.78 Å². The number of benzene rings is 2. The Morgan fingerprint density at radius 1 is 1.06 bits per heavy atom. The Bertz CT molecular complexity index is 584. The van der Waals surface area contributed by atoms with Crippen molar-refractivity contribution in [3.05, 3.63) is 70.8 Å². The summed E-state index contributed by atoms with van der Waals surface area (Å²) >= 11 is 0. The Kier molecular flexibility index (Phi) is 2.75. The van der Waals surface area contributed by atoms with Crippen LogP contribution in [0.15, 0.2) is 48.5 Å². The number of carbonyl (C=O) groups is 1. The largest absolute Gasteiger partial charge is 0.294 e. The zero-order valence-electron chi connectivity index (χ0n) is 10.5. The minimum absolute atomic E-state index is 0.150. The summed E-state index contributed by atoms with van der Waals surface area (Å²) in [5.74, 6) is 0.466. The average molecular weight is 236 g/mol. The highest BCUT2D eigenvalue weighted by Crippen LogP contribution is 2.30. The van der Waals surface area contributed by atoms with Gasteiger partial charge in [0.2, 0.25) is 0 Å². The van der Waals surface area contributed by atoms with Crippen molar-refractivity contribution in [2.75, 3.05) is 0 Å². The third kappa shape index (κ3) is 1.86. The summed E-state index contributed by atoms with van der Waals surface area (Å²) in [6.45, 7) is 2.02. The van der Waals surface area contributed by atoms with Crippen molar-refractivity contribution in [3.8, 4) is 0 Å². The number of ketones is 1. The van der Waals surface area contributed by atoms with Crippen molar-refractivity contribution >= 4 is 5.78 Å². The minimum atomic E-state index is 0.150. The first-order valence-electron chi connectivity index (χ1n) is 6.44. The Morgan fingerprint density at radius 3 is 2.61 bits per heavy atom. The fourth-order valence-electron chi connectivity index (χ4n) is 2.77. The average Bonchev–Trinajstić information content (AvgIpc) is 2.67. The molecule has 0 saturated heterocycles. The van der Waals surface area contributed by atoms with E-state index in [2.05, 4.69) is 30.3 Å². The van der Waals surface area contributed by atoms with Crippen LogP contribution in [0.25, 0.3) is 0 Å². The van der Waals surface area contributed by atoms with Crippen molar-refractivity contribution in [2.24, 2.45) is 5.92 Å². The second-order valence-corrected chi connectivity index (χ2v) is 5.08. The molecule has 90 valence electrons. The topological polar surface area (TPSA) is 17.1 Å². The lowest BCUT2D eigenvalue weighted by Gasteiger charge is -2.07. The van der Waals surface area contributed by atoms with E-state index in [0.717, 1.165) is 18.4 Å². The van der Waals surface area contributed by atoms with E-state index >= 15 is 0 Å². The monoisotopic (exact) mass is 236 g/mol. The van der Waals surface area contributed by atoms with Crippen molar-refractivity contribution in [2.45, 2.75) is 19.8 Å². The normalized spacial score (nSPS) is 17.8. The molecule has 1 atom stereocenters. The number of rotatable bonds is 2. The van der Waals surface area contributed by atoms with Crippen LogP contribution in [0.3, 0.4) is 0 Å².